The molecule has 31 heavy (non-hydrogen) atoms. The second-order valence-corrected chi connectivity index (χ2v) is 9.26. The molecule has 0 unspecified atom stereocenters. The summed E-state index contributed by atoms with van der Waals surface area (Å²) in [6, 6.07) is 8.89. The molecular weight excluding hydrogens is 401 g/mol. The summed E-state index contributed by atoms with van der Waals surface area (Å²) in [6.07, 6.45) is -0.398. The van der Waals surface area contributed by atoms with Crippen LogP contribution in [0.3, 0.4) is 0 Å². The van der Waals surface area contributed by atoms with Gasteiger partial charge in [-0.25, -0.2) is 0 Å². The number of halogens is 3. The number of piperidine rings is 1. The molecule has 3 heterocycles. The van der Waals surface area contributed by atoms with Gasteiger partial charge in [0, 0.05) is 30.7 Å². The SMILES string of the molecule is CC(C)Oc1ccc(-c2cc3c4c(c2)[C@@H]2CNCC[C@@H]2N4CCCC3)c(C(F)(F)F)c1. The summed E-state index contributed by atoms with van der Waals surface area (Å²) in [5.74, 6) is 0.603. The highest BCUT2D eigenvalue weighted by molar-refractivity contribution is 5.78. The summed E-state index contributed by atoms with van der Waals surface area (Å²) in [7, 11) is 0. The van der Waals surface area contributed by atoms with E-state index >= 15 is 0 Å². The summed E-state index contributed by atoms with van der Waals surface area (Å²) in [5, 5.41) is 3.49. The van der Waals surface area contributed by atoms with E-state index in [4.69, 9.17) is 4.74 Å². The molecule has 2 aromatic carbocycles. The Kier molecular flexibility index (Phi) is 5.16. The number of anilines is 1. The summed E-state index contributed by atoms with van der Waals surface area (Å²) < 4.78 is 47.7. The third-order valence-electron chi connectivity index (χ3n) is 6.83. The van der Waals surface area contributed by atoms with Crippen molar-refractivity contribution in [2.24, 2.45) is 0 Å². The average Bonchev–Trinajstić information content (AvgIpc) is 2.88. The molecule has 1 fully saturated rings. The smallest absolute Gasteiger partial charge is 0.417 e. The van der Waals surface area contributed by atoms with Crippen molar-refractivity contribution >= 4 is 5.69 Å². The molecule has 2 atom stereocenters. The minimum atomic E-state index is -4.44. The molecule has 2 aromatic rings. The van der Waals surface area contributed by atoms with E-state index in [1.165, 1.54) is 16.8 Å². The summed E-state index contributed by atoms with van der Waals surface area (Å²) in [4.78, 5) is 2.55. The van der Waals surface area contributed by atoms with Crippen molar-refractivity contribution in [1.29, 1.82) is 0 Å². The van der Waals surface area contributed by atoms with Crippen molar-refractivity contribution in [3.05, 3.63) is 47.0 Å². The Balaban J connectivity index is 1.65. The van der Waals surface area contributed by atoms with E-state index < -0.39 is 11.7 Å². The molecule has 3 aliphatic rings. The highest BCUT2D eigenvalue weighted by Gasteiger charge is 2.42. The van der Waals surface area contributed by atoms with Gasteiger partial charge < -0.3 is 15.0 Å². The lowest BCUT2D eigenvalue weighted by Gasteiger charge is -2.33. The van der Waals surface area contributed by atoms with Crippen LogP contribution in [-0.4, -0.2) is 31.8 Å². The van der Waals surface area contributed by atoms with Crippen molar-refractivity contribution in [2.75, 3.05) is 24.5 Å². The predicted molar refractivity (Wildman–Crippen MR) is 117 cm³/mol. The van der Waals surface area contributed by atoms with E-state index in [9.17, 15) is 13.2 Å². The first kappa shape index (κ1) is 20.7. The normalized spacial score (nSPS) is 22.8. The zero-order valence-electron chi connectivity index (χ0n) is 18.1. The molecule has 3 aliphatic heterocycles. The molecular formula is C25H29F3N2O. The van der Waals surface area contributed by atoms with Gasteiger partial charge in [0.15, 0.2) is 0 Å². The van der Waals surface area contributed by atoms with E-state index in [1.54, 1.807) is 12.1 Å². The van der Waals surface area contributed by atoms with Crippen LogP contribution in [0.5, 0.6) is 5.75 Å². The number of alkyl halides is 3. The number of fused-ring (bicyclic) bond motifs is 3. The summed E-state index contributed by atoms with van der Waals surface area (Å²) in [6.45, 7) is 6.58. The van der Waals surface area contributed by atoms with E-state index in [1.807, 2.05) is 26.0 Å². The Hall–Kier alpha value is -2.21. The van der Waals surface area contributed by atoms with Crippen LogP contribution in [0.25, 0.3) is 11.1 Å². The first-order valence-electron chi connectivity index (χ1n) is 11.4. The summed E-state index contributed by atoms with van der Waals surface area (Å²) >= 11 is 0. The molecule has 0 bridgehead atoms. The second-order valence-electron chi connectivity index (χ2n) is 9.26. The maximum atomic E-state index is 14.0. The maximum absolute atomic E-state index is 14.0. The molecule has 5 rings (SSSR count). The zero-order chi connectivity index (χ0) is 21.8. The Morgan fingerprint density at radius 1 is 1.13 bits per heavy atom. The Morgan fingerprint density at radius 2 is 1.97 bits per heavy atom. The second kappa shape index (κ2) is 7.73. The lowest BCUT2D eigenvalue weighted by Crippen LogP contribution is -2.44. The number of nitrogens with one attached hydrogen (secondary N) is 1. The fourth-order valence-corrected chi connectivity index (χ4v) is 5.63. The summed E-state index contributed by atoms with van der Waals surface area (Å²) in [5.41, 5.74) is 4.01. The van der Waals surface area contributed by atoms with Crippen molar-refractivity contribution < 1.29 is 17.9 Å². The van der Waals surface area contributed by atoms with Gasteiger partial charge in [0.05, 0.1) is 11.7 Å². The maximum Gasteiger partial charge on any atom is 0.417 e. The highest BCUT2D eigenvalue weighted by atomic mass is 19.4. The minimum absolute atomic E-state index is 0.179. The van der Waals surface area contributed by atoms with E-state index in [0.29, 0.717) is 17.5 Å². The van der Waals surface area contributed by atoms with Crippen LogP contribution >= 0.6 is 0 Å². The van der Waals surface area contributed by atoms with Crippen LogP contribution in [0.2, 0.25) is 0 Å². The molecule has 0 saturated carbocycles. The van der Waals surface area contributed by atoms with Crippen molar-refractivity contribution in [3.8, 4) is 16.9 Å². The molecule has 0 aliphatic carbocycles. The number of ether oxygens (including phenoxy) is 1. The first-order chi connectivity index (χ1) is 14.8. The number of benzene rings is 2. The van der Waals surface area contributed by atoms with Crippen LogP contribution in [0.15, 0.2) is 30.3 Å². The number of aryl methyl sites for hydroxylation is 1. The van der Waals surface area contributed by atoms with E-state index in [0.717, 1.165) is 51.4 Å². The lowest BCUT2D eigenvalue weighted by atomic mass is 9.86. The monoisotopic (exact) mass is 430 g/mol. The Labute approximate surface area is 181 Å². The van der Waals surface area contributed by atoms with E-state index in [2.05, 4.69) is 10.2 Å². The minimum Gasteiger partial charge on any atom is -0.491 e. The molecule has 0 radical (unpaired) electrons. The van der Waals surface area contributed by atoms with Crippen molar-refractivity contribution in [2.45, 2.75) is 63.8 Å². The topological polar surface area (TPSA) is 24.5 Å². The van der Waals surface area contributed by atoms with Gasteiger partial charge in [0.2, 0.25) is 0 Å². The Morgan fingerprint density at radius 3 is 2.74 bits per heavy atom. The van der Waals surface area contributed by atoms with Gasteiger partial charge in [-0.05, 0) is 92.6 Å². The molecule has 3 nitrogen and oxygen atoms in total. The van der Waals surface area contributed by atoms with Gasteiger partial charge >= 0.3 is 6.18 Å². The van der Waals surface area contributed by atoms with Crippen LogP contribution in [0.4, 0.5) is 18.9 Å². The zero-order valence-corrected chi connectivity index (χ0v) is 18.1. The van der Waals surface area contributed by atoms with Gasteiger partial charge in [-0.2, -0.15) is 13.2 Å². The fraction of sp³-hybridized carbons (Fsp3) is 0.520. The average molecular weight is 431 g/mol. The van der Waals surface area contributed by atoms with Gasteiger partial charge in [-0.15, -0.1) is 0 Å². The van der Waals surface area contributed by atoms with Crippen molar-refractivity contribution in [1.82, 2.24) is 5.32 Å². The van der Waals surface area contributed by atoms with E-state index in [-0.39, 0.29) is 17.4 Å². The van der Waals surface area contributed by atoms with Gasteiger partial charge in [-0.3, -0.25) is 0 Å². The molecule has 0 spiro atoms. The highest BCUT2D eigenvalue weighted by Crippen LogP contribution is 2.49. The lowest BCUT2D eigenvalue weighted by molar-refractivity contribution is -0.137. The molecule has 0 amide bonds. The third-order valence-corrected chi connectivity index (χ3v) is 6.83. The first-order valence-corrected chi connectivity index (χ1v) is 11.4. The predicted octanol–water partition coefficient (Wildman–Crippen LogP) is 5.76. The van der Waals surface area contributed by atoms with Crippen LogP contribution in [0, 0.1) is 0 Å². The number of hydrogen-bond donors (Lipinski definition) is 1. The molecule has 166 valence electrons. The molecule has 1 N–H and O–H groups in total. The number of rotatable bonds is 3. The molecule has 6 heteroatoms. The molecule has 0 aromatic heterocycles. The van der Waals surface area contributed by atoms with Crippen LogP contribution < -0.4 is 15.0 Å². The quantitative estimate of drug-likeness (QED) is 0.670. The van der Waals surface area contributed by atoms with Crippen LogP contribution in [0.1, 0.15) is 55.7 Å². The third kappa shape index (κ3) is 3.69. The van der Waals surface area contributed by atoms with Crippen molar-refractivity contribution in [3.63, 3.8) is 0 Å². The number of hydrogen-bond acceptors (Lipinski definition) is 3. The van der Waals surface area contributed by atoms with Gasteiger partial charge in [0.25, 0.3) is 0 Å². The van der Waals surface area contributed by atoms with Crippen LogP contribution in [-0.2, 0) is 12.6 Å². The Bertz CT molecular complexity index is 985. The largest absolute Gasteiger partial charge is 0.491 e. The fourth-order valence-electron chi connectivity index (χ4n) is 5.63. The standard InChI is InChI=1S/C25H29F3N2O/c1-15(2)31-18-6-7-19(22(13-18)25(26,27)28)17-11-16-5-3-4-10-30-23-8-9-29-14-21(23)20(12-17)24(16)30/h6-7,11-13,15,21,23,29H,3-5,8-10,14H2,1-2H3/t21-,23-/m0/s1. The molecule has 1 saturated heterocycles. The van der Waals surface area contributed by atoms with Gasteiger partial charge in [-0.1, -0.05) is 6.07 Å². The van der Waals surface area contributed by atoms with Gasteiger partial charge in [0.1, 0.15) is 5.75 Å². The number of nitrogens with zero attached hydrogens (tertiary/aromatic N) is 1.